The zero-order chi connectivity index (χ0) is 9.26. The SMILES string of the molecule is O=c1cc(C2CCC2)cccc1O. The van der Waals surface area contributed by atoms with E-state index in [1.54, 1.807) is 12.1 Å². The lowest BCUT2D eigenvalue weighted by Gasteiger charge is -2.24. The molecule has 68 valence electrons. The lowest BCUT2D eigenvalue weighted by atomic mass is 9.80. The van der Waals surface area contributed by atoms with Crippen LogP contribution in [0.25, 0.3) is 0 Å². The molecule has 0 atom stereocenters. The molecular formula is C11H12O2. The van der Waals surface area contributed by atoms with Crippen LogP contribution in [0.3, 0.4) is 0 Å². The number of rotatable bonds is 1. The van der Waals surface area contributed by atoms with Crippen molar-refractivity contribution in [2.45, 2.75) is 25.2 Å². The highest BCUT2D eigenvalue weighted by Gasteiger charge is 2.19. The third-order valence-electron chi connectivity index (χ3n) is 2.67. The Bertz CT molecular complexity index is 367. The third kappa shape index (κ3) is 1.57. The average Bonchev–Trinajstić information content (AvgIpc) is 2.12. The monoisotopic (exact) mass is 176 g/mol. The third-order valence-corrected chi connectivity index (χ3v) is 2.67. The van der Waals surface area contributed by atoms with Crippen LogP contribution >= 0.6 is 0 Å². The molecule has 0 spiro atoms. The van der Waals surface area contributed by atoms with Crippen molar-refractivity contribution in [1.29, 1.82) is 0 Å². The second-order valence-electron chi connectivity index (χ2n) is 3.55. The molecule has 1 fully saturated rings. The first-order valence-electron chi connectivity index (χ1n) is 4.60. The number of hydrogen-bond donors (Lipinski definition) is 1. The van der Waals surface area contributed by atoms with Gasteiger partial charge in [0.2, 0.25) is 5.43 Å². The average molecular weight is 176 g/mol. The summed E-state index contributed by atoms with van der Waals surface area (Å²) in [5.41, 5.74) is 0.795. The van der Waals surface area contributed by atoms with Crippen molar-refractivity contribution in [2.24, 2.45) is 0 Å². The molecule has 1 aliphatic rings. The van der Waals surface area contributed by atoms with E-state index in [0.29, 0.717) is 5.92 Å². The maximum Gasteiger partial charge on any atom is 0.220 e. The molecule has 0 aromatic heterocycles. The van der Waals surface area contributed by atoms with Gasteiger partial charge in [-0.25, -0.2) is 0 Å². The van der Waals surface area contributed by atoms with Crippen LogP contribution in [0.15, 0.2) is 29.1 Å². The van der Waals surface area contributed by atoms with Gasteiger partial charge in [0.15, 0.2) is 5.75 Å². The summed E-state index contributed by atoms with van der Waals surface area (Å²) in [6.07, 6.45) is 3.60. The van der Waals surface area contributed by atoms with Crippen molar-refractivity contribution in [3.8, 4) is 5.75 Å². The van der Waals surface area contributed by atoms with Gasteiger partial charge >= 0.3 is 0 Å². The minimum absolute atomic E-state index is 0.162. The van der Waals surface area contributed by atoms with E-state index in [-0.39, 0.29) is 11.2 Å². The molecule has 0 saturated heterocycles. The summed E-state index contributed by atoms with van der Waals surface area (Å²) in [4.78, 5) is 11.2. The maximum absolute atomic E-state index is 11.2. The minimum atomic E-state index is -0.271. The predicted molar refractivity (Wildman–Crippen MR) is 51.0 cm³/mol. The molecule has 2 heteroatoms. The summed E-state index contributed by atoms with van der Waals surface area (Å²) in [6, 6.07) is 6.67. The Balaban J connectivity index is 2.43. The van der Waals surface area contributed by atoms with Crippen LogP contribution in [0.5, 0.6) is 5.75 Å². The molecule has 1 saturated carbocycles. The van der Waals surface area contributed by atoms with Crippen LogP contribution in [0.2, 0.25) is 0 Å². The van der Waals surface area contributed by atoms with E-state index >= 15 is 0 Å². The smallest absolute Gasteiger partial charge is 0.220 e. The van der Waals surface area contributed by atoms with Crippen LogP contribution < -0.4 is 5.43 Å². The van der Waals surface area contributed by atoms with Gasteiger partial charge in [-0.1, -0.05) is 18.6 Å². The van der Waals surface area contributed by atoms with Crippen molar-refractivity contribution in [1.82, 2.24) is 0 Å². The van der Waals surface area contributed by atoms with Gasteiger partial charge < -0.3 is 5.11 Å². The van der Waals surface area contributed by atoms with Gasteiger partial charge in [0.25, 0.3) is 0 Å². The van der Waals surface area contributed by atoms with Gasteiger partial charge in [-0.3, -0.25) is 4.79 Å². The van der Waals surface area contributed by atoms with Gasteiger partial charge in [0.05, 0.1) is 0 Å². The van der Waals surface area contributed by atoms with Crippen LogP contribution in [0.1, 0.15) is 30.7 Å². The molecule has 0 bridgehead atoms. The quantitative estimate of drug-likeness (QED) is 0.710. The summed E-state index contributed by atoms with van der Waals surface area (Å²) in [7, 11) is 0. The topological polar surface area (TPSA) is 37.3 Å². The Morgan fingerprint density at radius 2 is 2.08 bits per heavy atom. The molecule has 2 rings (SSSR count). The summed E-state index contributed by atoms with van der Waals surface area (Å²) in [5.74, 6) is 0.380. The molecule has 0 aliphatic heterocycles. The summed E-state index contributed by atoms with van der Waals surface area (Å²) >= 11 is 0. The van der Waals surface area contributed by atoms with Crippen LogP contribution in [-0.2, 0) is 0 Å². The van der Waals surface area contributed by atoms with Gasteiger partial charge in [-0.05, 0) is 36.5 Å². The molecule has 1 aromatic rings. The first kappa shape index (κ1) is 8.30. The zero-order valence-electron chi connectivity index (χ0n) is 7.36. The van der Waals surface area contributed by atoms with E-state index in [9.17, 15) is 4.79 Å². The molecular weight excluding hydrogens is 164 g/mol. The van der Waals surface area contributed by atoms with E-state index in [4.69, 9.17) is 5.11 Å². The molecule has 0 radical (unpaired) electrons. The minimum Gasteiger partial charge on any atom is -0.504 e. The van der Waals surface area contributed by atoms with Crippen molar-refractivity contribution in [3.63, 3.8) is 0 Å². The molecule has 2 nitrogen and oxygen atoms in total. The Labute approximate surface area is 76.9 Å². The number of aromatic hydroxyl groups is 1. The fourth-order valence-corrected chi connectivity index (χ4v) is 1.60. The van der Waals surface area contributed by atoms with E-state index in [2.05, 4.69) is 0 Å². The van der Waals surface area contributed by atoms with Crippen molar-refractivity contribution < 1.29 is 5.11 Å². The highest BCUT2D eigenvalue weighted by Crippen LogP contribution is 2.35. The van der Waals surface area contributed by atoms with E-state index in [0.717, 1.165) is 5.56 Å². The first-order chi connectivity index (χ1) is 6.27. The molecule has 0 amide bonds. The Morgan fingerprint density at radius 3 is 2.69 bits per heavy atom. The summed E-state index contributed by atoms with van der Waals surface area (Å²) in [5, 5.41) is 9.16. The molecule has 1 aliphatic carbocycles. The van der Waals surface area contributed by atoms with E-state index in [1.165, 1.54) is 25.3 Å². The van der Waals surface area contributed by atoms with Crippen molar-refractivity contribution in [3.05, 3.63) is 40.1 Å². The lowest BCUT2D eigenvalue weighted by Crippen LogP contribution is -2.09. The largest absolute Gasteiger partial charge is 0.504 e. The van der Waals surface area contributed by atoms with Gasteiger partial charge in [-0.2, -0.15) is 0 Å². The van der Waals surface area contributed by atoms with Crippen molar-refractivity contribution in [2.75, 3.05) is 0 Å². The second-order valence-corrected chi connectivity index (χ2v) is 3.55. The zero-order valence-corrected chi connectivity index (χ0v) is 7.36. The van der Waals surface area contributed by atoms with Crippen LogP contribution in [-0.4, -0.2) is 5.11 Å². The van der Waals surface area contributed by atoms with E-state index in [1.807, 2.05) is 6.07 Å². The lowest BCUT2D eigenvalue weighted by molar-refractivity contribution is 0.419. The number of hydrogen-bond acceptors (Lipinski definition) is 2. The van der Waals surface area contributed by atoms with Gasteiger partial charge in [0.1, 0.15) is 0 Å². The molecule has 0 heterocycles. The maximum atomic E-state index is 11.2. The summed E-state index contributed by atoms with van der Waals surface area (Å²) < 4.78 is 0. The van der Waals surface area contributed by atoms with Crippen LogP contribution in [0.4, 0.5) is 0 Å². The summed E-state index contributed by atoms with van der Waals surface area (Å²) in [6.45, 7) is 0. The normalized spacial score (nSPS) is 16.6. The highest BCUT2D eigenvalue weighted by molar-refractivity contribution is 5.27. The Kier molecular flexibility index (Phi) is 2.05. The Hall–Kier alpha value is -1.31. The van der Waals surface area contributed by atoms with Crippen molar-refractivity contribution >= 4 is 0 Å². The van der Waals surface area contributed by atoms with E-state index < -0.39 is 0 Å². The molecule has 1 aromatic carbocycles. The standard InChI is InChI=1S/C11H12O2/c12-10-6-2-5-9(7-11(10)13)8-3-1-4-8/h2,5-8H,1,3-4H2,(H,12,13). The predicted octanol–water partition coefficient (Wildman–Crippen LogP) is 2.02. The highest BCUT2D eigenvalue weighted by atomic mass is 16.3. The molecule has 1 N–H and O–H groups in total. The van der Waals surface area contributed by atoms with Gasteiger partial charge in [-0.15, -0.1) is 0 Å². The van der Waals surface area contributed by atoms with Gasteiger partial charge in [0, 0.05) is 0 Å². The second kappa shape index (κ2) is 3.21. The van der Waals surface area contributed by atoms with Crippen LogP contribution in [0, 0.1) is 0 Å². The fraction of sp³-hybridized carbons (Fsp3) is 0.364. The fourth-order valence-electron chi connectivity index (χ4n) is 1.60. The molecule has 13 heavy (non-hydrogen) atoms. The first-order valence-corrected chi connectivity index (χ1v) is 4.60. The Morgan fingerprint density at radius 1 is 1.31 bits per heavy atom. The molecule has 0 unspecified atom stereocenters.